The minimum atomic E-state index is 0.371. The number of guanidine groups is 1. The Kier molecular flexibility index (Phi) is 5.04. The van der Waals surface area contributed by atoms with E-state index in [2.05, 4.69) is 34.0 Å². The molecular weight excluding hydrogens is 264 g/mol. The number of nitrogens with zero attached hydrogens (tertiary/aromatic N) is 3. The number of nitrogens with one attached hydrogen (secondary N) is 1. The van der Waals surface area contributed by atoms with E-state index in [9.17, 15) is 0 Å². The summed E-state index contributed by atoms with van der Waals surface area (Å²) < 4.78 is 5.43. The van der Waals surface area contributed by atoms with E-state index >= 15 is 0 Å². The maximum atomic E-state index is 5.43. The van der Waals surface area contributed by atoms with E-state index in [4.69, 9.17) is 4.74 Å². The Morgan fingerprint density at radius 1 is 1.52 bits per heavy atom. The van der Waals surface area contributed by atoms with E-state index in [0.29, 0.717) is 17.9 Å². The Hall–Kier alpha value is -1.78. The van der Waals surface area contributed by atoms with Crippen LogP contribution in [0, 0.1) is 5.41 Å². The van der Waals surface area contributed by atoms with Crippen molar-refractivity contribution in [3.8, 4) is 5.88 Å². The lowest BCUT2D eigenvalue weighted by Gasteiger charge is -2.23. The van der Waals surface area contributed by atoms with Crippen LogP contribution in [-0.2, 0) is 6.54 Å². The molecule has 2 heterocycles. The standard InChI is InChI=1S/C16H26N4O/c1-5-21-14-10-13(6-8-18-14)11-19-15(17-4)20-9-7-16(2,3)12-20/h6,8,10H,5,7,9,11-12H2,1-4H3,(H,17,19). The van der Waals surface area contributed by atoms with Crippen LogP contribution in [0.25, 0.3) is 0 Å². The molecule has 1 saturated heterocycles. The SMILES string of the molecule is CCOc1cc(CNC(=NC)N2CCC(C)(C)C2)ccn1. The second kappa shape index (κ2) is 6.78. The highest BCUT2D eigenvalue weighted by Crippen LogP contribution is 2.28. The van der Waals surface area contributed by atoms with Gasteiger partial charge in [0.15, 0.2) is 5.96 Å². The molecule has 0 amide bonds. The molecule has 0 aliphatic carbocycles. The average Bonchev–Trinajstić information content (AvgIpc) is 2.81. The van der Waals surface area contributed by atoms with Gasteiger partial charge in [-0.3, -0.25) is 4.99 Å². The van der Waals surface area contributed by atoms with Crippen LogP contribution in [0.3, 0.4) is 0 Å². The molecule has 1 aromatic heterocycles. The normalized spacial score (nSPS) is 17.9. The van der Waals surface area contributed by atoms with Gasteiger partial charge in [-0.05, 0) is 30.4 Å². The topological polar surface area (TPSA) is 49.8 Å². The Morgan fingerprint density at radius 3 is 2.95 bits per heavy atom. The molecule has 1 aliphatic heterocycles. The molecule has 0 atom stereocenters. The molecule has 5 nitrogen and oxygen atoms in total. The van der Waals surface area contributed by atoms with Crippen LogP contribution < -0.4 is 10.1 Å². The fourth-order valence-electron chi connectivity index (χ4n) is 2.59. The summed E-state index contributed by atoms with van der Waals surface area (Å²) in [7, 11) is 1.84. The molecule has 5 heteroatoms. The summed E-state index contributed by atoms with van der Waals surface area (Å²) in [6.07, 6.45) is 2.99. The molecule has 116 valence electrons. The van der Waals surface area contributed by atoms with Gasteiger partial charge in [0.2, 0.25) is 5.88 Å². The fourth-order valence-corrected chi connectivity index (χ4v) is 2.59. The predicted octanol–water partition coefficient (Wildman–Crippen LogP) is 2.29. The molecule has 0 bridgehead atoms. The number of hydrogen-bond donors (Lipinski definition) is 1. The van der Waals surface area contributed by atoms with Gasteiger partial charge < -0.3 is 15.0 Å². The minimum absolute atomic E-state index is 0.371. The summed E-state index contributed by atoms with van der Waals surface area (Å²) in [5.74, 6) is 1.64. The number of pyridine rings is 1. The van der Waals surface area contributed by atoms with Crippen LogP contribution in [0.1, 0.15) is 32.8 Å². The van der Waals surface area contributed by atoms with Crippen molar-refractivity contribution >= 4 is 5.96 Å². The summed E-state index contributed by atoms with van der Waals surface area (Å²) in [4.78, 5) is 10.9. The van der Waals surface area contributed by atoms with Crippen molar-refractivity contribution in [1.82, 2.24) is 15.2 Å². The third-order valence-corrected chi connectivity index (χ3v) is 3.73. The van der Waals surface area contributed by atoms with E-state index in [-0.39, 0.29) is 0 Å². The number of aliphatic imine (C=N–C) groups is 1. The van der Waals surface area contributed by atoms with Gasteiger partial charge in [0, 0.05) is 38.9 Å². The van der Waals surface area contributed by atoms with Crippen molar-refractivity contribution in [2.45, 2.75) is 33.7 Å². The van der Waals surface area contributed by atoms with E-state index in [1.165, 1.54) is 6.42 Å². The zero-order valence-electron chi connectivity index (χ0n) is 13.5. The molecule has 21 heavy (non-hydrogen) atoms. The van der Waals surface area contributed by atoms with E-state index in [1.54, 1.807) is 6.20 Å². The molecular formula is C16H26N4O. The second-order valence-corrected chi connectivity index (χ2v) is 6.17. The predicted molar refractivity (Wildman–Crippen MR) is 85.6 cm³/mol. The van der Waals surface area contributed by atoms with Crippen LogP contribution in [0.2, 0.25) is 0 Å². The van der Waals surface area contributed by atoms with E-state index < -0.39 is 0 Å². The summed E-state index contributed by atoms with van der Waals surface area (Å²) in [5, 5.41) is 3.43. The summed E-state index contributed by atoms with van der Waals surface area (Å²) in [6.45, 7) is 10.0. The highest BCUT2D eigenvalue weighted by Gasteiger charge is 2.30. The van der Waals surface area contributed by atoms with Crippen LogP contribution in [0.15, 0.2) is 23.3 Å². The van der Waals surface area contributed by atoms with Gasteiger partial charge in [0.1, 0.15) is 0 Å². The van der Waals surface area contributed by atoms with E-state index in [0.717, 1.165) is 31.2 Å². The molecule has 2 rings (SSSR count). The molecule has 0 aromatic carbocycles. The van der Waals surface area contributed by atoms with Crippen molar-refractivity contribution in [2.24, 2.45) is 10.4 Å². The first-order valence-electron chi connectivity index (χ1n) is 7.57. The minimum Gasteiger partial charge on any atom is -0.478 e. The third-order valence-electron chi connectivity index (χ3n) is 3.73. The first kappa shape index (κ1) is 15.6. The van der Waals surface area contributed by atoms with E-state index in [1.807, 2.05) is 26.1 Å². The van der Waals surface area contributed by atoms with Gasteiger partial charge in [-0.15, -0.1) is 0 Å². The molecule has 0 spiro atoms. The lowest BCUT2D eigenvalue weighted by Crippen LogP contribution is -2.40. The molecule has 1 aromatic rings. The van der Waals surface area contributed by atoms with Gasteiger partial charge in [-0.2, -0.15) is 0 Å². The summed E-state index contributed by atoms with van der Waals surface area (Å²) in [6, 6.07) is 3.97. The number of aromatic nitrogens is 1. The Bertz CT molecular complexity index is 499. The molecule has 0 saturated carbocycles. The lowest BCUT2D eigenvalue weighted by molar-refractivity contribution is 0.326. The number of hydrogen-bond acceptors (Lipinski definition) is 3. The number of ether oxygens (including phenoxy) is 1. The van der Waals surface area contributed by atoms with Gasteiger partial charge >= 0.3 is 0 Å². The third kappa shape index (κ3) is 4.34. The second-order valence-electron chi connectivity index (χ2n) is 6.17. The van der Waals surface area contributed by atoms with Crippen molar-refractivity contribution in [2.75, 3.05) is 26.7 Å². The largest absolute Gasteiger partial charge is 0.478 e. The van der Waals surface area contributed by atoms with Crippen LogP contribution in [0.5, 0.6) is 5.88 Å². The van der Waals surface area contributed by atoms with Crippen LogP contribution >= 0.6 is 0 Å². The van der Waals surface area contributed by atoms with Gasteiger partial charge in [0.05, 0.1) is 6.61 Å². The highest BCUT2D eigenvalue weighted by atomic mass is 16.5. The molecule has 0 radical (unpaired) electrons. The van der Waals surface area contributed by atoms with Gasteiger partial charge in [-0.25, -0.2) is 4.98 Å². The van der Waals surface area contributed by atoms with Gasteiger partial charge in [-0.1, -0.05) is 13.8 Å². The smallest absolute Gasteiger partial charge is 0.213 e. The zero-order valence-corrected chi connectivity index (χ0v) is 13.5. The highest BCUT2D eigenvalue weighted by molar-refractivity contribution is 5.80. The quantitative estimate of drug-likeness (QED) is 0.683. The van der Waals surface area contributed by atoms with Crippen LogP contribution in [0.4, 0.5) is 0 Å². The summed E-state index contributed by atoms with van der Waals surface area (Å²) in [5.41, 5.74) is 1.52. The van der Waals surface area contributed by atoms with Crippen molar-refractivity contribution in [3.63, 3.8) is 0 Å². The Morgan fingerprint density at radius 2 is 2.33 bits per heavy atom. The number of rotatable bonds is 4. The first-order chi connectivity index (χ1) is 10.0. The van der Waals surface area contributed by atoms with Crippen molar-refractivity contribution < 1.29 is 4.74 Å². The fraction of sp³-hybridized carbons (Fsp3) is 0.625. The molecule has 1 N–H and O–H groups in total. The maximum absolute atomic E-state index is 5.43. The molecule has 1 aliphatic rings. The van der Waals surface area contributed by atoms with Crippen LogP contribution in [-0.4, -0.2) is 42.6 Å². The van der Waals surface area contributed by atoms with Crippen molar-refractivity contribution in [3.05, 3.63) is 23.9 Å². The Balaban J connectivity index is 1.93. The molecule has 0 unspecified atom stereocenters. The van der Waals surface area contributed by atoms with Crippen molar-refractivity contribution in [1.29, 1.82) is 0 Å². The number of likely N-dealkylation sites (tertiary alicyclic amines) is 1. The lowest BCUT2D eigenvalue weighted by atomic mass is 9.93. The average molecular weight is 290 g/mol. The monoisotopic (exact) mass is 290 g/mol. The zero-order chi connectivity index (χ0) is 15.3. The maximum Gasteiger partial charge on any atom is 0.213 e. The molecule has 1 fully saturated rings. The summed E-state index contributed by atoms with van der Waals surface area (Å²) >= 11 is 0. The first-order valence-corrected chi connectivity index (χ1v) is 7.57. The Labute approximate surface area is 127 Å². The van der Waals surface area contributed by atoms with Gasteiger partial charge in [0.25, 0.3) is 0 Å².